The highest BCUT2D eigenvalue weighted by Gasteiger charge is 2.39. The van der Waals surface area contributed by atoms with Gasteiger partial charge in [-0.05, 0) is 31.0 Å². The largest absolute Gasteiger partial charge is 0.340 e. The number of anilines is 3. The molecular formula is C18H21N7. The number of H-pyrrole nitrogens is 1. The van der Waals surface area contributed by atoms with Gasteiger partial charge in [0.05, 0.1) is 6.33 Å². The van der Waals surface area contributed by atoms with Gasteiger partial charge >= 0.3 is 0 Å². The first-order valence-corrected chi connectivity index (χ1v) is 8.73. The number of rotatable bonds is 3. The monoisotopic (exact) mass is 335 g/mol. The Labute approximate surface area is 146 Å². The summed E-state index contributed by atoms with van der Waals surface area (Å²) in [5, 5.41) is 3.40. The van der Waals surface area contributed by atoms with Crippen LogP contribution in [0.5, 0.6) is 0 Å². The van der Waals surface area contributed by atoms with Crippen LogP contribution in [0.15, 0.2) is 36.7 Å². The molecule has 5 rings (SSSR count). The van der Waals surface area contributed by atoms with Crippen LogP contribution in [0.3, 0.4) is 0 Å². The lowest BCUT2D eigenvalue weighted by molar-refractivity contribution is 0.386. The molecule has 0 aliphatic carbocycles. The molecule has 2 fully saturated rings. The zero-order chi connectivity index (χ0) is 16.8. The number of nitrogens with one attached hydrogen (secondary N) is 2. The van der Waals surface area contributed by atoms with Crippen LogP contribution >= 0.6 is 0 Å². The van der Waals surface area contributed by atoms with E-state index in [-0.39, 0.29) is 0 Å². The van der Waals surface area contributed by atoms with Gasteiger partial charge < -0.3 is 20.1 Å². The van der Waals surface area contributed by atoms with Crippen LogP contribution < -0.4 is 10.2 Å². The molecule has 2 aliphatic heterocycles. The van der Waals surface area contributed by atoms with Crippen LogP contribution in [0.4, 0.5) is 17.5 Å². The van der Waals surface area contributed by atoms with Crippen molar-refractivity contribution in [2.75, 3.05) is 43.4 Å². The molecule has 0 spiro atoms. The number of imidazole rings is 1. The number of nitrogens with zero attached hydrogens (tertiary/aromatic N) is 5. The van der Waals surface area contributed by atoms with Crippen LogP contribution in [0.2, 0.25) is 0 Å². The fourth-order valence-corrected chi connectivity index (χ4v) is 4.10. The van der Waals surface area contributed by atoms with E-state index in [1.165, 1.54) is 13.1 Å². The second-order valence-corrected chi connectivity index (χ2v) is 7.11. The van der Waals surface area contributed by atoms with Crippen molar-refractivity contribution in [2.24, 2.45) is 11.8 Å². The molecule has 2 aromatic heterocycles. The van der Waals surface area contributed by atoms with Crippen molar-refractivity contribution in [3.05, 3.63) is 36.7 Å². The van der Waals surface area contributed by atoms with Gasteiger partial charge in [0.15, 0.2) is 11.5 Å². The lowest BCUT2D eigenvalue weighted by Crippen LogP contribution is -2.28. The van der Waals surface area contributed by atoms with E-state index in [1.54, 1.807) is 6.33 Å². The van der Waals surface area contributed by atoms with Gasteiger partial charge in [0.1, 0.15) is 5.52 Å². The molecule has 7 heteroatoms. The van der Waals surface area contributed by atoms with Gasteiger partial charge in [0, 0.05) is 31.9 Å². The maximum Gasteiger partial charge on any atom is 0.229 e. The van der Waals surface area contributed by atoms with E-state index in [0.717, 1.165) is 36.1 Å². The Hall–Kier alpha value is -2.67. The minimum atomic E-state index is 0.706. The van der Waals surface area contributed by atoms with Crippen LogP contribution in [0.25, 0.3) is 11.2 Å². The van der Waals surface area contributed by atoms with Gasteiger partial charge in [-0.3, -0.25) is 0 Å². The highest BCUT2D eigenvalue weighted by atomic mass is 15.3. The van der Waals surface area contributed by atoms with Gasteiger partial charge in [0.2, 0.25) is 5.95 Å². The van der Waals surface area contributed by atoms with Crippen molar-refractivity contribution in [1.82, 2.24) is 24.8 Å². The number of likely N-dealkylation sites (tertiary alicyclic amines) is 1. The fraction of sp³-hybridized carbons (Fsp3) is 0.389. The van der Waals surface area contributed by atoms with E-state index in [0.29, 0.717) is 17.5 Å². The molecular weight excluding hydrogens is 314 g/mol. The second-order valence-electron chi connectivity index (χ2n) is 7.11. The van der Waals surface area contributed by atoms with E-state index in [4.69, 9.17) is 4.98 Å². The first kappa shape index (κ1) is 14.7. The first-order chi connectivity index (χ1) is 12.3. The van der Waals surface area contributed by atoms with E-state index >= 15 is 0 Å². The van der Waals surface area contributed by atoms with Gasteiger partial charge in [-0.15, -0.1) is 0 Å². The van der Waals surface area contributed by atoms with E-state index < -0.39 is 0 Å². The Kier molecular flexibility index (Phi) is 3.34. The minimum Gasteiger partial charge on any atom is -0.340 e. The van der Waals surface area contributed by atoms with Gasteiger partial charge in [0.25, 0.3) is 0 Å². The van der Waals surface area contributed by atoms with Crippen molar-refractivity contribution < 1.29 is 0 Å². The second kappa shape index (κ2) is 5.70. The van der Waals surface area contributed by atoms with Gasteiger partial charge in [-0.25, -0.2) is 4.98 Å². The molecule has 2 N–H and O–H groups in total. The van der Waals surface area contributed by atoms with Crippen molar-refractivity contribution in [3.8, 4) is 0 Å². The molecule has 3 aromatic rings. The van der Waals surface area contributed by atoms with Crippen LogP contribution in [-0.2, 0) is 0 Å². The van der Waals surface area contributed by atoms with Crippen molar-refractivity contribution >= 4 is 28.6 Å². The van der Waals surface area contributed by atoms with Crippen LogP contribution in [0, 0.1) is 11.8 Å². The Morgan fingerprint density at radius 3 is 2.56 bits per heavy atom. The predicted molar refractivity (Wildman–Crippen MR) is 98.1 cm³/mol. The number of fused-ring (bicyclic) bond motifs is 2. The van der Waals surface area contributed by atoms with Crippen LogP contribution in [0.1, 0.15) is 0 Å². The number of benzene rings is 1. The molecule has 0 saturated carbocycles. The molecule has 4 heterocycles. The number of hydrogen-bond acceptors (Lipinski definition) is 6. The van der Waals surface area contributed by atoms with Crippen LogP contribution in [-0.4, -0.2) is 58.1 Å². The molecule has 0 radical (unpaired) electrons. The van der Waals surface area contributed by atoms with Gasteiger partial charge in [-0.1, -0.05) is 18.2 Å². The molecule has 7 nitrogen and oxygen atoms in total. The maximum absolute atomic E-state index is 4.82. The lowest BCUT2D eigenvalue weighted by atomic mass is 10.0. The van der Waals surface area contributed by atoms with Gasteiger partial charge in [-0.2, -0.15) is 9.97 Å². The number of aromatic nitrogens is 4. The summed E-state index contributed by atoms with van der Waals surface area (Å²) in [4.78, 5) is 21.7. The normalized spacial score (nSPS) is 23.3. The molecule has 1 aromatic carbocycles. The average molecular weight is 335 g/mol. The highest BCUT2D eigenvalue weighted by Crippen LogP contribution is 2.33. The molecule has 0 amide bonds. The molecule has 128 valence electrons. The zero-order valence-electron chi connectivity index (χ0n) is 14.2. The summed E-state index contributed by atoms with van der Waals surface area (Å²) in [6, 6.07) is 10.1. The summed E-state index contributed by atoms with van der Waals surface area (Å²) in [5.41, 5.74) is 2.55. The number of aromatic amines is 1. The number of hydrogen-bond donors (Lipinski definition) is 2. The van der Waals surface area contributed by atoms with E-state index in [1.807, 2.05) is 30.3 Å². The molecule has 25 heavy (non-hydrogen) atoms. The first-order valence-electron chi connectivity index (χ1n) is 8.73. The average Bonchev–Trinajstić information content (AvgIpc) is 3.29. The molecule has 2 atom stereocenters. The molecule has 2 aliphatic rings. The highest BCUT2D eigenvalue weighted by molar-refractivity contribution is 5.86. The Morgan fingerprint density at radius 1 is 1.04 bits per heavy atom. The minimum absolute atomic E-state index is 0.706. The summed E-state index contributed by atoms with van der Waals surface area (Å²) in [6.07, 6.45) is 1.67. The summed E-state index contributed by atoms with van der Waals surface area (Å²) < 4.78 is 0. The summed E-state index contributed by atoms with van der Waals surface area (Å²) >= 11 is 0. The third-order valence-corrected chi connectivity index (χ3v) is 5.26. The summed E-state index contributed by atoms with van der Waals surface area (Å²) in [7, 11) is 2.21. The van der Waals surface area contributed by atoms with E-state index in [9.17, 15) is 0 Å². The smallest absolute Gasteiger partial charge is 0.229 e. The third-order valence-electron chi connectivity index (χ3n) is 5.26. The lowest BCUT2D eigenvalue weighted by Gasteiger charge is -2.20. The van der Waals surface area contributed by atoms with Crippen molar-refractivity contribution in [2.45, 2.75) is 0 Å². The Balaban J connectivity index is 1.48. The van der Waals surface area contributed by atoms with E-state index in [2.05, 4.69) is 37.1 Å². The third kappa shape index (κ3) is 2.60. The number of para-hydroxylation sites is 1. The van der Waals surface area contributed by atoms with Crippen molar-refractivity contribution in [1.29, 1.82) is 0 Å². The Bertz CT molecular complexity index is 877. The molecule has 0 bridgehead atoms. The fourth-order valence-electron chi connectivity index (χ4n) is 4.10. The molecule has 2 saturated heterocycles. The summed E-state index contributed by atoms with van der Waals surface area (Å²) in [5.74, 6) is 2.98. The topological polar surface area (TPSA) is 73.0 Å². The molecule has 0 unspecified atom stereocenters. The zero-order valence-corrected chi connectivity index (χ0v) is 14.2. The standard InChI is InChI=1S/C18H21N7/c1-24-7-12-9-25(10-13(12)8-24)18-22-16-15(19-11-20-16)17(23-18)21-14-5-3-2-4-6-14/h2-6,11-13H,7-10H2,1H3,(H2,19,20,21,22,23)/t12-,13+. The van der Waals surface area contributed by atoms with Crippen molar-refractivity contribution in [3.63, 3.8) is 0 Å². The predicted octanol–water partition coefficient (Wildman–Crippen LogP) is 2.09. The maximum atomic E-state index is 4.82. The Morgan fingerprint density at radius 2 is 1.80 bits per heavy atom. The quantitative estimate of drug-likeness (QED) is 0.764. The summed E-state index contributed by atoms with van der Waals surface area (Å²) in [6.45, 7) is 4.38. The SMILES string of the molecule is CN1C[C@@H]2CN(c3nc(Nc4ccccc4)c4[nH]cnc4n3)C[C@@H]2C1.